The van der Waals surface area contributed by atoms with Crippen molar-refractivity contribution in [3.8, 4) is 0 Å². The van der Waals surface area contributed by atoms with Crippen LogP contribution >= 0.6 is 23.2 Å². The van der Waals surface area contributed by atoms with Gasteiger partial charge in [-0.15, -0.1) is 0 Å². The molecular formula is C20H21Cl2N5O2. The van der Waals surface area contributed by atoms with Crippen molar-refractivity contribution in [1.29, 1.82) is 0 Å². The van der Waals surface area contributed by atoms with Gasteiger partial charge >= 0.3 is 11.7 Å². The smallest absolute Gasteiger partial charge is 0.325 e. The topological polar surface area (TPSA) is 72.2 Å². The van der Waals surface area contributed by atoms with Gasteiger partial charge in [0.1, 0.15) is 0 Å². The van der Waals surface area contributed by atoms with Crippen molar-refractivity contribution in [2.75, 3.05) is 18.4 Å². The quantitative estimate of drug-likeness (QED) is 0.678. The van der Waals surface area contributed by atoms with Crippen molar-refractivity contribution in [2.24, 2.45) is 13.0 Å². The number of nitrogens with one attached hydrogen (secondary N) is 1. The third-order valence-corrected chi connectivity index (χ3v) is 6.15. The Morgan fingerprint density at radius 3 is 2.69 bits per heavy atom. The van der Waals surface area contributed by atoms with Crippen LogP contribution in [0.4, 0.5) is 10.5 Å². The van der Waals surface area contributed by atoms with E-state index in [1.807, 2.05) is 12.1 Å². The number of nitrogens with zero attached hydrogens (tertiary/aromatic N) is 4. The van der Waals surface area contributed by atoms with Crippen LogP contribution < -0.4 is 11.0 Å². The highest BCUT2D eigenvalue weighted by Crippen LogP contribution is 2.26. The summed E-state index contributed by atoms with van der Waals surface area (Å²) in [6.07, 6.45) is 3.35. The van der Waals surface area contributed by atoms with Crippen LogP contribution in [0.15, 0.2) is 41.3 Å². The molecule has 2 aromatic heterocycles. The highest BCUT2D eigenvalue weighted by atomic mass is 35.5. The Morgan fingerprint density at radius 1 is 1.21 bits per heavy atom. The van der Waals surface area contributed by atoms with Crippen molar-refractivity contribution in [3.05, 3.63) is 57.1 Å². The summed E-state index contributed by atoms with van der Waals surface area (Å²) in [7, 11) is 1.76. The highest BCUT2D eigenvalue weighted by molar-refractivity contribution is 6.42. The number of urea groups is 1. The zero-order valence-corrected chi connectivity index (χ0v) is 17.5. The molecule has 152 valence electrons. The van der Waals surface area contributed by atoms with Gasteiger partial charge in [-0.05, 0) is 49.1 Å². The minimum atomic E-state index is -0.161. The summed E-state index contributed by atoms with van der Waals surface area (Å²) in [5.41, 5.74) is 2.09. The van der Waals surface area contributed by atoms with Crippen LogP contribution in [0.25, 0.3) is 11.2 Å². The lowest BCUT2D eigenvalue weighted by atomic mass is 9.97. The molecule has 1 aromatic carbocycles. The Hall–Kier alpha value is -2.51. The largest absolute Gasteiger partial charge is 0.330 e. The van der Waals surface area contributed by atoms with E-state index in [1.54, 1.807) is 45.5 Å². The first-order chi connectivity index (χ1) is 13.9. The van der Waals surface area contributed by atoms with E-state index in [9.17, 15) is 9.59 Å². The molecule has 29 heavy (non-hydrogen) atoms. The molecule has 4 rings (SSSR count). The molecule has 0 unspecified atom stereocenters. The zero-order valence-electron chi connectivity index (χ0n) is 15.9. The Bertz CT molecular complexity index is 1120. The van der Waals surface area contributed by atoms with Crippen molar-refractivity contribution in [2.45, 2.75) is 19.4 Å². The van der Waals surface area contributed by atoms with Crippen LogP contribution in [0, 0.1) is 5.92 Å². The number of carbonyl (C=O) groups excluding carboxylic acids is 1. The molecule has 0 saturated carbocycles. The number of halogens is 2. The predicted molar refractivity (Wildman–Crippen MR) is 115 cm³/mol. The molecule has 0 bridgehead atoms. The van der Waals surface area contributed by atoms with Gasteiger partial charge in [-0.1, -0.05) is 23.2 Å². The van der Waals surface area contributed by atoms with Gasteiger partial charge in [0, 0.05) is 38.6 Å². The van der Waals surface area contributed by atoms with Gasteiger partial charge in [0.2, 0.25) is 0 Å². The van der Waals surface area contributed by atoms with E-state index < -0.39 is 0 Å². The van der Waals surface area contributed by atoms with Crippen molar-refractivity contribution in [1.82, 2.24) is 19.0 Å². The van der Waals surface area contributed by atoms with E-state index in [-0.39, 0.29) is 11.7 Å². The van der Waals surface area contributed by atoms with E-state index in [0.29, 0.717) is 46.9 Å². The SMILES string of the molecule is Cn1c(=O)n(CC2CCN(C(=O)Nc3ccc(Cl)c(Cl)c3)CC2)c2ncccc21. The maximum Gasteiger partial charge on any atom is 0.330 e. The summed E-state index contributed by atoms with van der Waals surface area (Å²) in [5.74, 6) is 0.314. The number of hydrogen-bond donors (Lipinski definition) is 1. The fourth-order valence-electron chi connectivity index (χ4n) is 3.75. The molecule has 1 aliphatic heterocycles. The number of piperidine rings is 1. The number of rotatable bonds is 3. The average Bonchev–Trinajstić information content (AvgIpc) is 2.96. The van der Waals surface area contributed by atoms with Gasteiger partial charge in [0.05, 0.1) is 15.6 Å². The van der Waals surface area contributed by atoms with Gasteiger partial charge in [-0.2, -0.15) is 0 Å². The summed E-state index contributed by atoms with van der Waals surface area (Å²) in [4.78, 5) is 31.3. The minimum absolute atomic E-state index is 0.0570. The van der Waals surface area contributed by atoms with Crippen molar-refractivity contribution in [3.63, 3.8) is 0 Å². The van der Waals surface area contributed by atoms with Gasteiger partial charge in [-0.3, -0.25) is 9.13 Å². The highest BCUT2D eigenvalue weighted by Gasteiger charge is 2.25. The summed E-state index contributed by atoms with van der Waals surface area (Å²) in [6, 6.07) is 8.58. The molecule has 0 atom stereocenters. The number of imidazole rings is 1. The third kappa shape index (κ3) is 3.97. The Morgan fingerprint density at radius 2 is 1.97 bits per heavy atom. The molecule has 0 spiro atoms. The lowest BCUT2D eigenvalue weighted by Gasteiger charge is -2.32. The first-order valence-electron chi connectivity index (χ1n) is 9.45. The average molecular weight is 434 g/mol. The van der Waals surface area contributed by atoms with E-state index >= 15 is 0 Å². The molecule has 9 heteroatoms. The minimum Gasteiger partial charge on any atom is -0.325 e. The normalized spacial score (nSPS) is 15.1. The second kappa shape index (κ2) is 8.08. The van der Waals surface area contributed by atoms with E-state index in [4.69, 9.17) is 23.2 Å². The Balaban J connectivity index is 1.38. The number of carbonyl (C=O) groups is 1. The summed E-state index contributed by atoms with van der Waals surface area (Å²) in [5, 5.41) is 3.70. The number of hydrogen-bond acceptors (Lipinski definition) is 3. The molecule has 3 aromatic rings. The number of aromatic nitrogens is 3. The van der Waals surface area contributed by atoms with Crippen molar-refractivity contribution >= 4 is 46.1 Å². The van der Waals surface area contributed by atoms with Gasteiger partial charge in [0.15, 0.2) is 5.65 Å². The van der Waals surface area contributed by atoms with E-state index in [2.05, 4.69) is 10.3 Å². The second-order valence-corrected chi connectivity index (χ2v) is 8.10. The lowest BCUT2D eigenvalue weighted by molar-refractivity contribution is 0.177. The molecule has 0 aliphatic carbocycles. The third-order valence-electron chi connectivity index (χ3n) is 5.41. The van der Waals surface area contributed by atoms with Gasteiger partial charge in [-0.25, -0.2) is 14.6 Å². The fourth-order valence-corrected chi connectivity index (χ4v) is 4.05. The predicted octanol–water partition coefficient (Wildman–Crippen LogP) is 3.99. The lowest BCUT2D eigenvalue weighted by Crippen LogP contribution is -2.42. The standard InChI is InChI=1S/C20H21Cl2N5O2/c1-25-17-3-2-8-23-18(17)27(20(25)29)12-13-6-9-26(10-7-13)19(28)24-14-4-5-15(21)16(22)11-14/h2-5,8,11,13H,6-7,9-10,12H2,1H3,(H,24,28). The zero-order chi connectivity index (χ0) is 20.5. The summed E-state index contributed by atoms with van der Waals surface area (Å²) < 4.78 is 3.37. The maximum absolute atomic E-state index is 12.6. The molecule has 7 nitrogen and oxygen atoms in total. The molecule has 0 radical (unpaired) electrons. The first-order valence-corrected chi connectivity index (χ1v) is 10.2. The van der Waals surface area contributed by atoms with Crippen LogP contribution in [0.5, 0.6) is 0 Å². The monoisotopic (exact) mass is 433 g/mol. The number of aryl methyl sites for hydroxylation is 1. The molecule has 1 N–H and O–H groups in total. The Labute approximate surface area is 177 Å². The number of fused-ring (bicyclic) bond motifs is 1. The first kappa shape index (κ1) is 19.8. The Kier molecular flexibility index (Phi) is 5.52. The number of likely N-dealkylation sites (tertiary alicyclic amines) is 1. The number of pyridine rings is 1. The van der Waals surface area contributed by atoms with Crippen molar-refractivity contribution < 1.29 is 4.79 Å². The number of amides is 2. The number of benzene rings is 1. The van der Waals surface area contributed by atoms with E-state index in [0.717, 1.165) is 18.4 Å². The van der Waals surface area contributed by atoms with E-state index in [1.165, 1.54) is 0 Å². The molecule has 3 heterocycles. The maximum atomic E-state index is 12.6. The number of anilines is 1. The van der Waals surface area contributed by atoms with Crippen LogP contribution in [-0.2, 0) is 13.6 Å². The molecule has 1 saturated heterocycles. The van der Waals surface area contributed by atoms with Crippen LogP contribution in [0.3, 0.4) is 0 Å². The molecule has 1 fully saturated rings. The fraction of sp³-hybridized carbons (Fsp3) is 0.350. The molecular weight excluding hydrogens is 413 g/mol. The molecule has 2 amide bonds. The van der Waals surface area contributed by atoms with Crippen LogP contribution in [-0.4, -0.2) is 38.1 Å². The van der Waals surface area contributed by atoms with Crippen LogP contribution in [0.1, 0.15) is 12.8 Å². The van der Waals surface area contributed by atoms with Gasteiger partial charge < -0.3 is 10.2 Å². The molecule has 1 aliphatic rings. The second-order valence-electron chi connectivity index (χ2n) is 7.29. The van der Waals surface area contributed by atoms with Gasteiger partial charge in [0.25, 0.3) is 0 Å². The van der Waals surface area contributed by atoms with Crippen LogP contribution in [0.2, 0.25) is 10.0 Å². The summed E-state index contributed by atoms with van der Waals surface area (Å²) >= 11 is 11.9. The summed E-state index contributed by atoms with van der Waals surface area (Å²) in [6.45, 7) is 1.87.